The number of nitrogens with zero attached hydrogens (tertiary/aromatic N) is 1. The lowest BCUT2D eigenvalue weighted by atomic mass is 10.3. The van der Waals surface area contributed by atoms with Gasteiger partial charge in [-0.1, -0.05) is 0 Å². The van der Waals surface area contributed by atoms with Gasteiger partial charge < -0.3 is 9.88 Å². The monoisotopic (exact) mass is 186 g/mol. The first-order valence-corrected chi connectivity index (χ1v) is 4.72. The minimum absolute atomic E-state index is 0.747. The van der Waals surface area contributed by atoms with E-state index < -0.39 is 0 Å². The Kier molecular flexibility index (Phi) is 4.19. The maximum Gasteiger partial charge on any atom is 0.0245 e. The van der Waals surface area contributed by atoms with Crippen LogP contribution in [0.1, 0.15) is 12.0 Å². The molecule has 0 unspecified atom stereocenters. The van der Waals surface area contributed by atoms with Crippen LogP contribution < -0.4 is 0 Å². The number of nitrogens with one attached hydrogen (secondary N) is 1. The molecule has 1 N–H and O–H groups in total. The summed E-state index contributed by atoms with van der Waals surface area (Å²) in [6, 6.07) is 2.09. The van der Waals surface area contributed by atoms with Crippen LogP contribution in [-0.2, 0) is 6.54 Å². The Morgan fingerprint density at radius 1 is 1.58 bits per heavy atom. The number of H-pyrrole nitrogens is 1. The maximum atomic E-state index is 5.59. The number of aromatic nitrogens is 1. The number of aromatic amines is 1. The van der Waals surface area contributed by atoms with Crippen LogP contribution >= 0.6 is 11.6 Å². The van der Waals surface area contributed by atoms with Gasteiger partial charge in [0.05, 0.1) is 0 Å². The SMILES string of the molecule is CN(CCCCl)Cc1cc[nH]c1. The molecule has 1 aromatic rings. The fraction of sp³-hybridized carbons (Fsp3) is 0.556. The zero-order valence-electron chi connectivity index (χ0n) is 7.39. The molecule has 1 rings (SSSR count). The summed E-state index contributed by atoms with van der Waals surface area (Å²) in [6.45, 7) is 2.06. The van der Waals surface area contributed by atoms with E-state index in [0.29, 0.717) is 0 Å². The smallest absolute Gasteiger partial charge is 0.0245 e. The lowest BCUT2D eigenvalue weighted by Crippen LogP contribution is -2.18. The molecule has 0 aromatic carbocycles. The van der Waals surface area contributed by atoms with Crippen molar-refractivity contribution in [3.8, 4) is 0 Å². The van der Waals surface area contributed by atoms with Crippen LogP contribution in [0.4, 0.5) is 0 Å². The summed E-state index contributed by atoms with van der Waals surface area (Å²) < 4.78 is 0. The summed E-state index contributed by atoms with van der Waals surface area (Å²) in [5, 5.41) is 0. The van der Waals surface area contributed by atoms with E-state index in [0.717, 1.165) is 25.4 Å². The summed E-state index contributed by atoms with van der Waals surface area (Å²) in [6.07, 6.45) is 5.03. The summed E-state index contributed by atoms with van der Waals surface area (Å²) in [4.78, 5) is 5.31. The first-order valence-electron chi connectivity index (χ1n) is 4.19. The van der Waals surface area contributed by atoms with E-state index in [1.54, 1.807) is 0 Å². The molecular formula is C9H15ClN2. The molecule has 0 atom stereocenters. The van der Waals surface area contributed by atoms with Gasteiger partial charge in [-0.25, -0.2) is 0 Å². The summed E-state index contributed by atoms with van der Waals surface area (Å²) in [5.41, 5.74) is 1.33. The fourth-order valence-corrected chi connectivity index (χ4v) is 1.30. The molecule has 0 aliphatic carbocycles. The second-order valence-electron chi connectivity index (χ2n) is 3.00. The van der Waals surface area contributed by atoms with Crippen molar-refractivity contribution in [3.63, 3.8) is 0 Å². The van der Waals surface area contributed by atoms with Gasteiger partial charge in [-0.15, -0.1) is 11.6 Å². The third-order valence-electron chi connectivity index (χ3n) is 1.79. The van der Waals surface area contributed by atoms with Crippen molar-refractivity contribution in [2.45, 2.75) is 13.0 Å². The zero-order valence-corrected chi connectivity index (χ0v) is 8.14. The molecule has 1 aromatic heterocycles. The van der Waals surface area contributed by atoms with Crippen molar-refractivity contribution in [1.29, 1.82) is 0 Å². The van der Waals surface area contributed by atoms with Crippen LogP contribution in [0.5, 0.6) is 0 Å². The van der Waals surface area contributed by atoms with E-state index in [4.69, 9.17) is 11.6 Å². The van der Waals surface area contributed by atoms with Crippen LogP contribution in [0, 0.1) is 0 Å². The third-order valence-corrected chi connectivity index (χ3v) is 2.06. The minimum Gasteiger partial charge on any atom is -0.367 e. The number of alkyl halides is 1. The van der Waals surface area contributed by atoms with Gasteiger partial charge in [0.1, 0.15) is 0 Å². The molecule has 68 valence electrons. The largest absolute Gasteiger partial charge is 0.367 e. The van der Waals surface area contributed by atoms with E-state index in [2.05, 4.69) is 23.0 Å². The summed E-state index contributed by atoms with van der Waals surface area (Å²) >= 11 is 5.59. The minimum atomic E-state index is 0.747. The number of hydrogen-bond donors (Lipinski definition) is 1. The molecule has 2 nitrogen and oxygen atoms in total. The highest BCUT2D eigenvalue weighted by atomic mass is 35.5. The first-order chi connectivity index (χ1) is 5.83. The molecule has 0 amide bonds. The Morgan fingerprint density at radius 2 is 2.42 bits per heavy atom. The Hall–Kier alpha value is -0.470. The van der Waals surface area contributed by atoms with E-state index in [-0.39, 0.29) is 0 Å². The van der Waals surface area contributed by atoms with Crippen molar-refractivity contribution in [2.75, 3.05) is 19.5 Å². The average molecular weight is 187 g/mol. The second-order valence-corrected chi connectivity index (χ2v) is 3.38. The van der Waals surface area contributed by atoms with Gasteiger partial charge in [0.15, 0.2) is 0 Å². The molecule has 0 spiro atoms. The van der Waals surface area contributed by atoms with Crippen LogP contribution in [0.25, 0.3) is 0 Å². The van der Waals surface area contributed by atoms with E-state index >= 15 is 0 Å². The van der Waals surface area contributed by atoms with Crippen molar-refractivity contribution >= 4 is 11.6 Å². The van der Waals surface area contributed by atoms with Gasteiger partial charge >= 0.3 is 0 Å². The average Bonchev–Trinajstić information content (AvgIpc) is 2.53. The lowest BCUT2D eigenvalue weighted by molar-refractivity contribution is 0.328. The van der Waals surface area contributed by atoms with Crippen LogP contribution in [0.15, 0.2) is 18.5 Å². The van der Waals surface area contributed by atoms with Gasteiger partial charge in [-0.3, -0.25) is 0 Å². The van der Waals surface area contributed by atoms with E-state index in [1.807, 2.05) is 12.4 Å². The molecule has 0 aliphatic heterocycles. The van der Waals surface area contributed by atoms with E-state index in [1.165, 1.54) is 5.56 Å². The number of hydrogen-bond acceptors (Lipinski definition) is 1. The lowest BCUT2D eigenvalue weighted by Gasteiger charge is -2.14. The molecule has 0 saturated heterocycles. The molecule has 0 fully saturated rings. The highest BCUT2D eigenvalue weighted by Gasteiger charge is 1.98. The highest BCUT2D eigenvalue weighted by Crippen LogP contribution is 2.01. The third kappa shape index (κ3) is 3.28. The molecule has 0 bridgehead atoms. The first kappa shape index (κ1) is 9.62. The number of halogens is 1. The predicted octanol–water partition coefficient (Wildman–Crippen LogP) is 2.08. The number of rotatable bonds is 5. The van der Waals surface area contributed by atoms with Crippen molar-refractivity contribution in [1.82, 2.24) is 9.88 Å². The van der Waals surface area contributed by atoms with Gasteiger partial charge in [0.25, 0.3) is 0 Å². The predicted molar refractivity (Wildman–Crippen MR) is 52.5 cm³/mol. The maximum absolute atomic E-state index is 5.59. The van der Waals surface area contributed by atoms with Gasteiger partial charge in [-0.2, -0.15) is 0 Å². The second kappa shape index (κ2) is 5.22. The molecule has 1 heterocycles. The van der Waals surface area contributed by atoms with E-state index in [9.17, 15) is 0 Å². The van der Waals surface area contributed by atoms with Crippen molar-refractivity contribution in [2.24, 2.45) is 0 Å². The summed E-state index contributed by atoms with van der Waals surface area (Å²) in [7, 11) is 2.11. The Bertz CT molecular complexity index is 196. The standard InChI is InChI=1S/C9H15ClN2/c1-12(6-2-4-10)8-9-3-5-11-7-9/h3,5,7,11H,2,4,6,8H2,1H3. The van der Waals surface area contributed by atoms with Gasteiger partial charge in [0, 0.05) is 24.8 Å². The Morgan fingerprint density at radius 3 is 3.00 bits per heavy atom. The molecule has 0 radical (unpaired) electrons. The molecule has 3 heteroatoms. The zero-order chi connectivity index (χ0) is 8.81. The fourth-order valence-electron chi connectivity index (χ4n) is 1.18. The van der Waals surface area contributed by atoms with Crippen molar-refractivity contribution in [3.05, 3.63) is 24.0 Å². The normalized spacial score (nSPS) is 10.9. The van der Waals surface area contributed by atoms with Crippen molar-refractivity contribution < 1.29 is 0 Å². The Labute approximate surface area is 78.5 Å². The summed E-state index contributed by atoms with van der Waals surface area (Å²) in [5.74, 6) is 0.747. The Balaban J connectivity index is 2.22. The molecule has 0 saturated carbocycles. The van der Waals surface area contributed by atoms with Crippen LogP contribution in [0.2, 0.25) is 0 Å². The quantitative estimate of drug-likeness (QED) is 0.698. The van der Waals surface area contributed by atoms with Crippen LogP contribution in [-0.4, -0.2) is 29.4 Å². The highest BCUT2D eigenvalue weighted by molar-refractivity contribution is 6.17. The van der Waals surface area contributed by atoms with Gasteiger partial charge in [-0.05, 0) is 31.6 Å². The van der Waals surface area contributed by atoms with Crippen LogP contribution in [0.3, 0.4) is 0 Å². The molecular weight excluding hydrogens is 172 g/mol. The van der Waals surface area contributed by atoms with Gasteiger partial charge in [0.2, 0.25) is 0 Å². The molecule has 0 aliphatic rings. The molecule has 12 heavy (non-hydrogen) atoms. The topological polar surface area (TPSA) is 19.0 Å².